The third-order valence-corrected chi connectivity index (χ3v) is 3.64. The Kier molecular flexibility index (Phi) is 6.63. The van der Waals surface area contributed by atoms with Crippen molar-refractivity contribution in [2.75, 3.05) is 13.7 Å². The lowest BCUT2D eigenvalue weighted by molar-refractivity contribution is 0.186. The first kappa shape index (κ1) is 17.8. The molecule has 2 rings (SSSR count). The van der Waals surface area contributed by atoms with Crippen LogP contribution in [0.5, 0.6) is 5.75 Å². The SMILES string of the molecule is COc1cccc(C[C@H](NC(=O)NC[C@@H](C)O)c2ccccc2)c1. The molecule has 0 unspecified atom stereocenters. The van der Waals surface area contributed by atoms with Gasteiger partial charge in [0.2, 0.25) is 0 Å². The van der Waals surface area contributed by atoms with Crippen LogP contribution in [0, 0.1) is 0 Å². The van der Waals surface area contributed by atoms with E-state index < -0.39 is 6.10 Å². The number of hydrogen-bond donors (Lipinski definition) is 3. The number of nitrogens with one attached hydrogen (secondary N) is 2. The molecule has 24 heavy (non-hydrogen) atoms. The molecular weight excluding hydrogens is 304 g/mol. The van der Waals surface area contributed by atoms with E-state index in [2.05, 4.69) is 10.6 Å². The average Bonchev–Trinajstić information content (AvgIpc) is 2.60. The summed E-state index contributed by atoms with van der Waals surface area (Å²) >= 11 is 0. The third kappa shape index (κ3) is 5.59. The van der Waals surface area contributed by atoms with Crippen LogP contribution in [0.1, 0.15) is 24.1 Å². The number of ether oxygens (including phenoxy) is 1. The zero-order valence-corrected chi connectivity index (χ0v) is 14.0. The monoisotopic (exact) mass is 328 g/mol. The van der Waals surface area contributed by atoms with Gasteiger partial charge in [-0.25, -0.2) is 4.79 Å². The van der Waals surface area contributed by atoms with E-state index in [0.29, 0.717) is 6.42 Å². The average molecular weight is 328 g/mol. The molecule has 2 amide bonds. The smallest absolute Gasteiger partial charge is 0.315 e. The van der Waals surface area contributed by atoms with Gasteiger partial charge in [-0.3, -0.25) is 0 Å². The van der Waals surface area contributed by atoms with Crippen molar-refractivity contribution in [1.82, 2.24) is 10.6 Å². The van der Waals surface area contributed by atoms with Gasteiger partial charge in [0.15, 0.2) is 0 Å². The third-order valence-electron chi connectivity index (χ3n) is 3.64. The first-order valence-corrected chi connectivity index (χ1v) is 7.99. The van der Waals surface area contributed by atoms with Crippen molar-refractivity contribution in [2.24, 2.45) is 0 Å². The number of aliphatic hydroxyl groups is 1. The summed E-state index contributed by atoms with van der Waals surface area (Å²) in [6, 6.07) is 17.1. The van der Waals surface area contributed by atoms with Gasteiger partial charge < -0.3 is 20.5 Å². The molecule has 2 atom stereocenters. The standard InChI is InChI=1S/C19H24N2O3/c1-14(22)13-20-19(23)21-18(16-8-4-3-5-9-16)12-15-7-6-10-17(11-15)24-2/h3-11,14,18,22H,12-13H2,1-2H3,(H2,20,21,23)/t14-,18+/m1/s1. The molecule has 5 heteroatoms. The highest BCUT2D eigenvalue weighted by molar-refractivity contribution is 5.74. The Morgan fingerprint density at radius 3 is 2.58 bits per heavy atom. The van der Waals surface area contributed by atoms with Gasteiger partial charge in [-0.15, -0.1) is 0 Å². The molecule has 0 saturated heterocycles. The normalized spacial score (nSPS) is 13.0. The molecule has 0 saturated carbocycles. The predicted octanol–water partition coefficient (Wildman–Crippen LogP) is 2.66. The summed E-state index contributed by atoms with van der Waals surface area (Å²) in [6.07, 6.45) is 0.0628. The molecule has 2 aromatic rings. The number of methoxy groups -OCH3 is 1. The van der Waals surface area contributed by atoms with Gasteiger partial charge in [0.1, 0.15) is 5.75 Å². The topological polar surface area (TPSA) is 70.6 Å². The van der Waals surface area contributed by atoms with Gasteiger partial charge in [0.05, 0.1) is 19.3 Å². The van der Waals surface area contributed by atoms with Crippen LogP contribution in [0.2, 0.25) is 0 Å². The summed E-state index contributed by atoms with van der Waals surface area (Å²) in [5.41, 5.74) is 2.09. The highest BCUT2D eigenvalue weighted by Gasteiger charge is 2.15. The zero-order chi connectivity index (χ0) is 17.4. The summed E-state index contributed by atoms with van der Waals surface area (Å²) in [5, 5.41) is 14.9. The van der Waals surface area contributed by atoms with E-state index in [1.54, 1.807) is 14.0 Å². The molecule has 0 aliphatic heterocycles. The summed E-state index contributed by atoms with van der Waals surface area (Å²) in [4.78, 5) is 12.1. The van der Waals surface area contributed by atoms with Crippen molar-refractivity contribution >= 4 is 6.03 Å². The number of hydrogen-bond acceptors (Lipinski definition) is 3. The first-order chi connectivity index (χ1) is 11.6. The number of carbonyl (C=O) groups excluding carboxylic acids is 1. The zero-order valence-electron chi connectivity index (χ0n) is 14.0. The van der Waals surface area contributed by atoms with E-state index in [-0.39, 0.29) is 18.6 Å². The Morgan fingerprint density at radius 2 is 1.92 bits per heavy atom. The number of carbonyl (C=O) groups is 1. The van der Waals surface area contributed by atoms with Crippen molar-refractivity contribution in [3.05, 3.63) is 65.7 Å². The van der Waals surface area contributed by atoms with Crippen molar-refractivity contribution in [2.45, 2.75) is 25.5 Å². The molecule has 0 spiro atoms. The minimum absolute atomic E-state index is 0.174. The Bertz CT molecular complexity index is 644. The Morgan fingerprint density at radius 1 is 1.17 bits per heavy atom. The quantitative estimate of drug-likeness (QED) is 0.732. The number of amides is 2. The first-order valence-electron chi connectivity index (χ1n) is 7.99. The summed E-state index contributed by atoms with van der Waals surface area (Å²) in [7, 11) is 1.63. The fourth-order valence-corrected chi connectivity index (χ4v) is 2.42. The lowest BCUT2D eigenvalue weighted by atomic mass is 9.99. The van der Waals surface area contributed by atoms with Crippen LogP contribution < -0.4 is 15.4 Å². The fourth-order valence-electron chi connectivity index (χ4n) is 2.42. The highest BCUT2D eigenvalue weighted by atomic mass is 16.5. The maximum absolute atomic E-state index is 12.1. The number of rotatable bonds is 7. The van der Waals surface area contributed by atoms with Gasteiger partial charge in [-0.05, 0) is 36.6 Å². The summed E-state index contributed by atoms with van der Waals surface area (Å²) in [6.45, 7) is 1.84. The number of aliphatic hydroxyl groups excluding tert-OH is 1. The Hall–Kier alpha value is -2.53. The maximum atomic E-state index is 12.1. The van der Waals surface area contributed by atoms with Crippen LogP contribution in [-0.2, 0) is 6.42 Å². The second kappa shape index (κ2) is 8.93. The maximum Gasteiger partial charge on any atom is 0.315 e. The molecule has 0 aromatic heterocycles. The molecule has 0 heterocycles. The minimum Gasteiger partial charge on any atom is -0.497 e. The van der Waals surface area contributed by atoms with Crippen LogP contribution in [0.3, 0.4) is 0 Å². The van der Waals surface area contributed by atoms with Crippen LogP contribution >= 0.6 is 0 Å². The molecule has 128 valence electrons. The van der Waals surface area contributed by atoms with E-state index in [0.717, 1.165) is 16.9 Å². The second-order valence-electron chi connectivity index (χ2n) is 5.72. The van der Waals surface area contributed by atoms with Crippen molar-refractivity contribution in [3.8, 4) is 5.75 Å². The van der Waals surface area contributed by atoms with E-state index in [4.69, 9.17) is 4.74 Å². The Balaban J connectivity index is 2.12. The van der Waals surface area contributed by atoms with Crippen LogP contribution in [-0.4, -0.2) is 30.9 Å². The lowest BCUT2D eigenvalue weighted by Crippen LogP contribution is -2.41. The van der Waals surface area contributed by atoms with Crippen LogP contribution in [0.25, 0.3) is 0 Å². The number of benzene rings is 2. The van der Waals surface area contributed by atoms with Gasteiger partial charge in [-0.2, -0.15) is 0 Å². The fraction of sp³-hybridized carbons (Fsp3) is 0.316. The van der Waals surface area contributed by atoms with Crippen molar-refractivity contribution in [3.63, 3.8) is 0 Å². The van der Waals surface area contributed by atoms with E-state index >= 15 is 0 Å². The molecule has 0 radical (unpaired) electrons. The van der Waals surface area contributed by atoms with Crippen molar-refractivity contribution < 1.29 is 14.6 Å². The van der Waals surface area contributed by atoms with Crippen molar-refractivity contribution in [1.29, 1.82) is 0 Å². The summed E-state index contributed by atoms with van der Waals surface area (Å²) in [5.74, 6) is 0.790. The lowest BCUT2D eigenvalue weighted by Gasteiger charge is -2.20. The Labute approximate surface area is 142 Å². The largest absolute Gasteiger partial charge is 0.497 e. The molecule has 0 aliphatic rings. The van der Waals surface area contributed by atoms with Gasteiger partial charge in [0, 0.05) is 6.54 Å². The summed E-state index contributed by atoms with van der Waals surface area (Å²) < 4.78 is 5.26. The van der Waals surface area contributed by atoms with Crippen LogP contribution in [0.15, 0.2) is 54.6 Å². The molecule has 0 bridgehead atoms. The van der Waals surface area contributed by atoms with E-state index in [9.17, 15) is 9.90 Å². The molecular formula is C19H24N2O3. The molecule has 3 N–H and O–H groups in total. The van der Waals surface area contributed by atoms with Gasteiger partial charge in [0.25, 0.3) is 0 Å². The van der Waals surface area contributed by atoms with Gasteiger partial charge >= 0.3 is 6.03 Å². The van der Waals surface area contributed by atoms with E-state index in [1.165, 1.54) is 0 Å². The second-order valence-corrected chi connectivity index (χ2v) is 5.72. The van der Waals surface area contributed by atoms with E-state index in [1.807, 2.05) is 54.6 Å². The highest BCUT2D eigenvalue weighted by Crippen LogP contribution is 2.21. The number of urea groups is 1. The predicted molar refractivity (Wildman–Crippen MR) is 94.1 cm³/mol. The molecule has 0 fully saturated rings. The minimum atomic E-state index is -0.579. The van der Waals surface area contributed by atoms with Crippen LogP contribution in [0.4, 0.5) is 4.79 Å². The molecule has 0 aliphatic carbocycles. The molecule has 2 aromatic carbocycles. The molecule has 5 nitrogen and oxygen atoms in total. The van der Waals surface area contributed by atoms with Gasteiger partial charge in [-0.1, -0.05) is 42.5 Å².